The highest BCUT2D eigenvalue weighted by atomic mass is 32.2. The van der Waals surface area contributed by atoms with Crippen molar-refractivity contribution in [3.8, 4) is 5.75 Å². The lowest BCUT2D eigenvalue weighted by atomic mass is 10.2. The van der Waals surface area contributed by atoms with Crippen LogP contribution in [0.2, 0.25) is 0 Å². The number of hydrogen-bond acceptors (Lipinski definition) is 4. The van der Waals surface area contributed by atoms with E-state index in [4.69, 9.17) is 9.84 Å². The van der Waals surface area contributed by atoms with Crippen LogP contribution in [0.5, 0.6) is 5.75 Å². The quantitative estimate of drug-likeness (QED) is 0.823. The summed E-state index contributed by atoms with van der Waals surface area (Å²) in [6, 6.07) is 4.47. The number of sulfonamides is 1. The Morgan fingerprint density at radius 3 is 2.55 bits per heavy atom. The number of rotatable bonds is 7. The lowest BCUT2D eigenvalue weighted by Crippen LogP contribution is -2.37. The van der Waals surface area contributed by atoms with Gasteiger partial charge in [-0.3, -0.25) is 0 Å². The van der Waals surface area contributed by atoms with Crippen molar-refractivity contribution in [3.05, 3.63) is 23.8 Å². The average molecular weight is 309 g/mol. The van der Waals surface area contributed by atoms with Crippen molar-refractivity contribution < 1.29 is 27.0 Å². The molecule has 0 aromatic heterocycles. The lowest BCUT2D eigenvalue weighted by Gasteiger charge is -2.22. The molecule has 0 bridgehead atoms. The lowest BCUT2D eigenvalue weighted by molar-refractivity contribution is 0.113. The molecule has 0 heterocycles. The molecule has 0 aliphatic heterocycles. The minimum absolute atomic E-state index is 0.0767. The summed E-state index contributed by atoms with van der Waals surface area (Å²) in [4.78, 5) is -0.186. The molecule has 0 saturated carbocycles. The maximum absolute atomic E-state index is 12.5. The van der Waals surface area contributed by atoms with Gasteiger partial charge in [0.2, 0.25) is 10.0 Å². The van der Waals surface area contributed by atoms with E-state index in [0.717, 1.165) is 0 Å². The van der Waals surface area contributed by atoms with Crippen molar-refractivity contribution in [1.29, 1.82) is 0 Å². The Morgan fingerprint density at radius 2 is 2.05 bits per heavy atom. The van der Waals surface area contributed by atoms with Crippen LogP contribution in [-0.4, -0.2) is 51.1 Å². The third kappa shape index (κ3) is 3.87. The molecule has 0 amide bonds. The molecule has 1 N–H and O–H groups in total. The highest BCUT2D eigenvalue weighted by Crippen LogP contribution is 2.28. The normalized spacial score (nSPS) is 12.2. The first kappa shape index (κ1) is 16.8. The van der Waals surface area contributed by atoms with Crippen LogP contribution >= 0.6 is 0 Å². The van der Waals surface area contributed by atoms with Gasteiger partial charge in [-0.05, 0) is 24.6 Å². The van der Waals surface area contributed by atoms with Crippen molar-refractivity contribution in [2.45, 2.75) is 18.2 Å². The summed E-state index contributed by atoms with van der Waals surface area (Å²) in [6.45, 7) is -0.230. The van der Waals surface area contributed by atoms with Crippen molar-refractivity contribution in [1.82, 2.24) is 4.31 Å². The summed E-state index contributed by atoms with van der Waals surface area (Å²) in [5.74, 6) is 0.0767. The van der Waals surface area contributed by atoms with Crippen molar-refractivity contribution in [2.75, 3.05) is 26.8 Å². The zero-order chi connectivity index (χ0) is 15.3. The smallest absolute Gasteiger partial charge is 0.252 e. The molecule has 0 saturated heterocycles. The van der Waals surface area contributed by atoms with Gasteiger partial charge in [-0.25, -0.2) is 17.2 Å². The van der Waals surface area contributed by atoms with E-state index in [0.29, 0.717) is 9.87 Å². The van der Waals surface area contributed by atoms with Gasteiger partial charge in [-0.2, -0.15) is 4.31 Å². The molecule has 20 heavy (non-hydrogen) atoms. The SMILES string of the molecule is COc1ccc(C)cc1S(=O)(=O)N(CCO)CC(F)F. The average Bonchev–Trinajstić information content (AvgIpc) is 2.37. The molecule has 0 spiro atoms. The Bertz CT molecular complexity index is 548. The van der Waals surface area contributed by atoms with E-state index in [1.165, 1.54) is 19.2 Å². The molecule has 8 heteroatoms. The Morgan fingerprint density at radius 1 is 1.40 bits per heavy atom. The van der Waals surface area contributed by atoms with Gasteiger partial charge < -0.3 is 9.84 Å². The van der Waals surface area contributed by atoms with Gasteiger partial charge >= 0.3 is 0 Å². The fourth-order valence-electron chi connectivity index (χ4n) is 1.70. The first-order chi connectivity index (χ1) is 9.32. The third-order valence-electron chi connectivity index (χ3n) is 2.63. The number of hydrogen-bond donors (Lipinski definition) is 1. The van der Waals surface area contributed by atoms with E-state index >= 15 is 0 Å². The number of nitrogens with zero attached hydrogens (tertiary/aromatic N) is 1. The predicted octanol–water partition coefficient (Wildman–Crippen LogP) is 1.25. The maximum atomic E-state index is 12.5. The monoisotopic (exact) mass is 309 g/mol. The van der Waals surface area contributed by atoms with Crippen LogP contribution in [0.4, 0.5) is 8.78 Å². The number of ether oxygens (including phenoxy) is 1. The van der Waals surface area contributed by atoms with Gasteiger partial charge in [0, 0.05) is 6.54 Å². The Labute approximate surface area is 116 Å². The molecule has 1 aromatic rings. The standard InChI is InChI=1S/C12H17F2NO4S/c1-9-3-4-10(19-2)11(7-9)20(17,18)15(5-6-16)8-12(13)14/h3-4,7,12,16H,5-6,8H2,1-2H3. The number of methoxy groups -OCH3 is 1. The van der Waals surface area contributed by atoms with Gasteiger partial charge in [-0.15, -0.1) is 0 Å². The Balaban J connectivity index is 3.28. The van der Waals surface area contributed by atoms with E-state index in [1.54, 1.807) is 13.0 Å². The molecule has 114 valence electrons. The number of aryl methyl sites for hydroxylation is 1. The molecule has 0 radical (unpaired) electrons. The molecule has 0 atom stereocenters. The van der Waals surface area contributed by atoms with Crippen molar-refractivity contribution in [2.24, 2.45) is 0 Å². The van der Waals surface area contributed by atoms with E-state index in [2.05, 4.69) is 0 Å². The summed E-state index contributed by atoms with van der Waals surface area (Å²) in [5.41, 5.74) is 0.658. The third-order valence-corrected chi connectivity index (χ3v) is 4.51. The van der Waals surface area contributed by atoms with Crippen LogP contribution in [0.3, 0.4) is 0 Å². The van der Waals surface area contributed by atoms with Crippen LogP contribution in [0, 0.1) is 6.92 Å². The number of alkyl halides is 2. The second-order valence-electron chi connectivity index (χ2n) is 4.13. The van der Waals surface area contributed by atoms with Gasteiger partial charge in [0.15, 0.2) is 0 Å². The molecule has 1 aromatic carbocycles. The second kappa shape index (κ2) is 6.96. The number of aliphatic hydroxyl groups is 1. The van der Waals surface area contributed by atoms with Gasteiger partial charge in [-0.1, -0.05) is 6.07 Å². The molecule has 0 aliphatic carbocycles. The first-order valence-electron chi connectivity index (χ1n) is 5.86. The molecule has 1 rings (SSSR count). The molecule has 0 fully saturated rings. The summed E-state index contributed by atoms with van der Waals surface area (Å²) in [7, 11) is -2.86. The van der Waals surface area contributed by atoms with Crippen LogP contribution in [0.15, 0.2) is 23.1 Å². The summed E-state index contributed by atoms with van der Waals surface area (Å²) >= 11 is 0. The largest absolute Gasteiger partial charge is 0.495 e. The minimum atomic E-state index is -4.16. The van der Waals surface area contributed by atoms with Crippen molar-refractivity contribution >= 4 is 10.0 Å². The van der Waals surface area contributed by atoms with E-state index < -0.39 is 36.1 Å². The Kier molecular flexibility index (Phi) is 5.85. The van der Waals surface area contributed by atoms with Crippen LogP contribution in [0.25, 0.3) is 0 Å². The molecule has 5 nitrogen and oxygen atoms in total. The van der Waals surface area contributed by atoms with E-state index in [-0.39, 0.29) is 10.6 Å². The van der Waals surface area contributed by atoms with Crippen molar-refractivity contribution in [3.63, 3.8) is 0 Å². The fraction of sp³-hybridized carbons (Fsp3) is 0.500. The van der Waals surface area contributed by atoms with Gasteiger partial charge in [0.25, 0.3) is 6.43 Å². The number of benzene rings is 1. The highest BCUT2D eigenvalue weighted by molar-refractivity contribution is 7.89. The highest BCUT2D eigenvalue weighted by Gasteiger charge is 2.29. The molecule has 0 unspecified atom stereocenters. The first-order valence-corrected chi connectivity index (χ1v) is 7.30. The van der Waals surface area contributed by atoms with Crippen LogP contribution in [0.1, 0.15) is 5.56 Å². The van der Waals surface area contributed by atoms with E-state index in [1.807, 2.05) is 0 Å². The van der Waals surface area contributed by atoms with Crippen LogP contribution in [-0.2, 0) is 10.0 Å². The summed E-state index contributed by atoms with van der Waals surface area (Å²) < 4.78 is 55.3. The Hall–Kier alpha value is -1.25. The van der Waals surface area contributed by atoms with Gasteiger partial charge in [0.1, 0.15) is 10.6 Å². The number of aliphatic hydroxyl groups excluding tert-OH is 1. The summed E-state index contributed by atoms with van der Waals surface area (Å²) in [6.07, 6.45) is -2.83. The molecule has 0 aliphatic rings. The van der Waals surface area contributed by atoms with Crippen LogP contribution < -0.4 is 4.74 Å². The van der Waals surface area contributed by atoms with Gasteiger partial charge in [0.05, 0.1) is 20.3 Å². The molecular weight excluding hydrogens is 292 g/mol. The minimum Gasteiger partial charge on any atom is -0.495 e. The number of halogens is 2. The zero-order valence-corrected chi connectivity index (χ0v) is 12.0. The zero-order valence-electron chi connectivity index (χ0n) is 11.2. The van der Waals surface area contributed by atoms with E-state index in [9.17, 15) is 17.2 Å². The predicted molar refractivity (Wildman–Crippen MR) is 69.6 cm³/mol. The fourth-order valence-corrected chi connectivity index (χ4v) is 3.35. The summed E-state index contributed by atoms with van der Waals surface area (Å²) in [5, 5.41) is 8.86. The maximum Gasteiger partial charge on any atom is 0.252 e. The second-order valence-corrected chi connectivity index (χ2v) is 6.04. The topological polar surface area (TPSA) is 66.8 Å². The molecular formula is C12H17F2NO4S.